The largest absolute Gasteiger partial charge is 0.472 e. The Kier molecular flexibility index (Phi) is 7.72. The number of likely N-dealkylation sites (tertiary alicyclic amines) is 1. The summed E-state index contributed by atoms with van der Waals surface area (Å²) >= 11 is 0. The topological polar surface area (TPSA) is 74.8 Å². The molecule has 0 radical (unpaired) electrons. The molecule has 1 N–H and O–H groups in total. The molecule has 7 heteroatoms. The highest BCUT2D eigenvalue weighted by Gasteiger charge is 2.36. The Morgan fingerprint density at radius 2 is 1.84 bits per heavy atom. The van der Waals surface area contributed by atoms with Crippen LogP contribution >= 0.6 is 0 Å². The van der Waals surface area contributed by atoms with Gasteiger partial charge in [0.1, 0.15) is 0 Å². The third kappa shape index (κ3) is 5.65. The van der Waals surface area contributed by atoms with Gasteiger partial charge in [0.15, 0.2) is 11.6 Å². The third-order valence-corrected chi connectivity index (χ3v) is 6.05. The second-order valence-corrected chi connectivity index (χ2v) is 8.43. The predicted octanol–water partition coefficient (Wildman–Crippen LogP) is 3.32. The van der Waals surface area contributed by atoms with Crippen LogP contribution in [0.15, 0.2) is 48.7 Å². The van der Waals surface area contributed by atoms with Gasteiger partial charge in [-0.2, -0.15) is 0 Å². The van der Waals surface area contributed by atoms with Gasteiger partial charge in [-0.15, -0.1) is 0 Å². The standard InChI is InChI=1S/C25H32N4O3/c30-22(26-15-9-18-28-16-5-2-6-17-28)13-8-19-29-24-21(12-7-14-27-24)32-23(25(29)31)20-10-3-1-4-11-20/h1,3-4,7,10-12,14,23H,2,5-6,8-9,13,15-19H2,(H,26,30). The van der Waals surface area contributed by atoms with Gasteiger partial charge in [0, 0.05) is 31.3 Å². The van der Waals surface area contributed by atoms with Crippen molar-refractivity contribution in [1.29, 1.82) is 0 Å². The van der Waals surface area contributed by atoms with Crippen molar-refractivity contribution in [3.8, 4) is 5.75 Å². The molecule has 2 aliphatic heterocycles. The van der Waals surface area contributed by atoms with Crippen LogP contribution in [0.1, 0.15) is 50.2 Å². The second kappa shape index (κ2) is 11.1. The lowest BCUT2D eigenvalue weighted by Gasteiger charge is -2.33. The smallest absolute Gasteiger partial charge is 0.274 e. The predicted molar refractivity (Wildman–Crippen MR) is 124 cm³/mol. The normalized spacial score (nSPS) is 18.7. The Morgan fingerprint density at radius 1 is 1.03 bits per heavy atom. The van der Waals surface area contributed by atoms with Gasteiger partial charge in [0.25, 0.3) is 5.91 Å². The minimum atomic E-state index is -0.698. The average molecular weight is 437 g/mol. The number of aromatic nitrogens is 1. The van der Waals surface area contributed by atoms with Crippen molar-refractivity contribution in [2.45, 2.75) is 44.6 Å². The van der Waals surface area contributed by atoms with Crippen molar-refractivity contribution in [2.24, 2.45) is 0 Å². The number of ether oxygens (including phenoxy) is 1. The van der Waals surface area contributed by atoms with E-state index >= 15 is 0 Å². The van der Waals surface area contributed by atoms with E-state index in [0.717, 1.165) is 18.5 Å². The average Bonchev–Trinajstić information content (AvgIpc) is 2.84. The van der Waals surface area contributed by atoms with E-state index in [1.54, 1.807) is 17.2 Å². The zero-order valence-corrected chi connectivity index (χ0v) is 18.5. The number of rotatable bonds is 9. The highest BCUT2D eigenvalue weighted by atomic mass is 16.5. The number of hydrogen-bond donors (Lipinski definition) is 1. The molecule has 1 aromatic carbocycles. The van der Waals surface area contributed by atoms with Gasteiger partial charge < -0.3 is 15.0 Å². The first kappa shape index (κ1) is 22.3. The van der Waals surface area contributed by atoms with Gasteiger partial charge in [-0.05, 0) is 57.5 Å². The van der Waals surface area contributed by atoms with Crippen LogP contribution in [0, 0.1) is 0 Å². The molecule has 0 aliphatic carbocycles. The molecule has 7 nitrogen and oxygen atoms in total. The van der Waals surface area contributed by atoms with Crippen LogP contribution in [-0.2, 0) is 9.59 Å². The molecule has 2 aliphatic rings. The van der Waals surface area contributed by atoms with Crippen LogP contribution < -0.4 is 15.0 Å². The van der Waals surface area contributed by atoms with Crippen molar-refractivity contribution in [2.75, 3.05) is 37.6 Å². The molecule has 1 atom stereocenters. The molecule has 0 saturated carbocycles. The summed E-state index contributed by atoms with van der Waals surface area (Å²) in [7, 11) is 0. The number of carbonyl (C=O) groups is 2. The molecule has 1 saturated heterocycles. The molecule has 0 spiro atoms. The lowest BCUT2D eigenvalue weighted by Crippen LogP contribution is -2.42. The van der Waals surface area contributed by atoms with Crippen LogP contribution in [0.3, 0.4) is 0 Å². The summed E-state index contributed by atoms with van der Waals surface area (Å²) in [6.07, 6.45) is 6.80. The summed E-state index contributed by atoms with van der Waals surface area (Å²) in [4.78, 5) is 34.0. The molecule has 32 heavy (non-hydrogen) atoms. The number of pyridine rings is 1. The van der Waals surface area contributed by atoms with Crippen LogP contribution in [0.25, 0.3) is 0 Å². The SMILES string of the molecule is O=C(CCCN1C(=O)C(c2ccccc2)Oc2cccnc21)NCCCN1CCCCC1. The fourth-order valence-electron chi connectivity index (χ4n) is 4.35. The number of amides is 2. The summed E-state index contributed by atoms with van der Waals surface area (Å²) in [6.45, 7) is 4.54. The lowest BCUT2D eigenvalue weighted by molar-refractivity contribution is -0.127. The minimum absolute atomic E-state index is 0.0326. The van der Waals surface area contributed by atoms with Crippen LogP contribution in [0.5, 0.6) is 5.75 Å². The van der Waals surface area contributed by atoms with Crippen molar-refractivity contribution in [3.63, 3.8) is 0 Å². The number of piperidine rings is 1. The molecule has 1 fully saturated rings. The quantitative estimate of drug-likeness (QED) is 0.611. The number of hydrogen-bond acceptors (Lipinski definition) is 5. The maximum absolute atomic E-state index is 13.2. The van der Waals surface area contributed by atoms with Crippen molar-refractivity contribution in [3.05, 3.63) is 54.2 Å². The third-order valence-electron chi connectivity index (χ3n) is 6.05. The number of fused-ring (bicyclic) bond motifs is 1. The first-order valence-corrected chi connectivity index (χ1v) is 11.7. The zero-order valence-electron chi connectivity index (χ0n) is 18.5. The lowest BCUT2D eigenvalue weighted by atomic mass is 10.1. The van der Waals surface area contributed by atoms with Gasteiger partial charge in [-0.1, -0.05) is 36.8 Å². The number of carbonyl (C=O) groups excluding carboxylic acids is 2. The Morgan fingerprint density at radius 3 is 2.66 bits per heavy atom. The molecule has 3 heterocycles. The van der Waals surface area contributed by atoms with E-state index in [1.807, 2.05) is 36.4 Å². The molecule has 1 aromatic heterocycles. The summed E-state index contributed by atoms with van der Waals surface area (Å²) in [6, 6.07) is 13.1. The second-order valence-electron chi connectivity index (χ2n) is 8.43. The Balaban J connectivity index is 1.27. The Labute approximate surface area is 189 Å². The summed E-state index contributed by atoms with van der Waals surface area (Å²) < 4.78 is 5.97. The first-order chi connectivity index (χ1) is 15.7. The van der Waals surface area contributed by atoms with Crippen molar-refractivity contribution in [1.82, 2.24) is 15.2 Å². The fraction of sp³-hybridized carbons (Fsp3) is 0.480. The number of anilines is 1. The van der Waals surface area contributed by atoms with Crippen LogP contribution in [-0.4, -0.2) is 54.4 Å². The number of benzene rings is 1. The monoisotopic (exact) mass is 436 g/mol. The first-order valence-electron chi connectivity index (χ1n) is 11.7. The summed E-state index contributed by atoms with van der Waals surface area (Å²) in [5, 5.41) is 3.02. The zero-order chi connectivity index (χ0) is 22.2. The van der Waals surface area contributed by atoms with E-state index in [2.05, 4.69) is 15.2 Å². The van der Waals surface area contributed by atoms with E-state index in [0.29, 0.717) is 37.5 Å². The Bertz CT molecular complexity index is 899. The molecule has 4 rings (SSSR count). The van der Waals surface area contributed by atoms with Crippen LogP contribution in [0.2, 0.25) is 0 Å². The van der Waals surface area contributed by atoms with Gasteiger partial charge in [0.2, 0.25) is 12.0 Å². The molecule has 0 bridgehead atoms. The highest BCUT2D eigenvalue weighted by Crippen LogP contribution is 2.37. The Hall–Kier alpha value is -2.93. The van der Waals surface area contributed by atoms with E-state index in [-0.39, 0.29) is 11.8 Å². The van der Waals surface area contributed by atoms with E-state index < -0.39 is 6.10 Å². The highest BCUT2D eigenvalue weighted by molar-refractivity contribution is 5.99. The van der Waals surface area contributed by atoms with E-state index in [4.69, 9.17) is 4.74 Å². The van der Waals surface area contributed by atoms with Crippen molar-refractivity contribution >= 4 is 17.6 Å². The van der Waals surface area contributed by atoms with Gasteiger partial charge in [-0.3, -0.25) is 14.5 Å². The van der Waals surface area contributed by atoms with Crippen molar-refractivity contribution < 1.29 is 14.3 Å². The van der Waals surface area contributed by atoms with Gasteiger partial charge in [-0.25, -0.2) is 4.98 Å². The molecule has 1 unspecified atom stereocenters. The molecular formula is C25H32N4O3. The maximum Gasteiger partial charge on any atom is 0.274 e. The maximum atomic E-state index is 13.2. The van der Waals surface area contributed by atoms with Gasteiger partial charge in [0.05, 0.1) is 0 Å². The van der Waals surface area contributed by atoms with E-state index in [9.17, 15) is 9.59 Å². The fourth-order valence-corrected chi connectivity index (χ4v) is 4.35. The molecule has 2 aromatic rings. The molecule has 2 amide bonds. The molecule has 170 valence electrons. The summed E-state index contributed by atoms with van der Waals surface area (Å²) in [5.74, 6) is 0.990. The minimum Gasteiger partial charge on any atom is -0.472 e. The number of nitrogens with zero attached hydrogens (tertiary/aromatic N) is 3. The number of nitrogens with one attached hydrogen (secondary N) is 1. The summed E-state index contributed by atoms with van der Waals surface area (Å²) in [5.41, 5.74) is 0.809. The van der Waals surface area contributed by atoms with E-state index in [1.165, 1.54) is 32.4 Å². The molecular weight excluding hydrogens is 404 g/mol. The van der Waals surface area contributed by atoms with Crippen LogP contribution in [0.4, 0.5) is 5.82 Å². The van der Waals surface area contributed by atoms with Gasteiger partial charge >= 0.3 is 0 Å².